The van der Waals surface area contributed by atoms with Gasteiger partial charge in [-0.1, -0.05) is 19.9 Å². The van der Waals surface area contributed by atoms with Gasteiger partial charge in [0.25, 0.3) is 5.91 Å². The normalized spacial score (nSPS) is 21.5. The number of ether oxygens (including phenoxy) is 3. The maximum Gasteiger partial charge on any atom is 0.410 e. The fourth-order valence-corrected chi connectivity index (χ4v) is 7.39. The Hall–Kier alpha value is -3.61. The van der Waals surface area contributed by atoms with E-state index in [2.05, 4.69) is 23.7 Å². The molecule has 3 fully saturated rings. The van der Waals surface area contributed by atoms with Crippen molar-refractivity contribution in [3.05, 3.63) is 59.2 Å². The van der Waals surface area contributed by atoms with E-state index in [1.807, 2.05) is 40.0 Å². The average Bonchev–Trinajstić information content (AvgIpc) is 3.33. The average molecular weight is 696 g/mol. The maximum absolute atomic E-state index is 15.5. The lowest BCUT2D eigenvalue weighted by atomic mass is 9.86. The number of piperidine rings is 1. The number of morpholine rings is 1. The molecule has 0 radical (unpaired) electrons. The van der Waals surface area contributed by atoms with Gasteiger partial charge in [0.1, 0.15) is 22.8 Å². The van der Waals surface area contributed by atoms with Crippen molar-refractivity contribution in [3.8, 4) is 11.1 Å². The van der Waals surface area contributed by atoms with E-state index in [1.165, 1.54) is 12.1 Å². The molecule has 3 saturated heterocycles. The summed E-state index contributed by atoms with van der Waals surface area (Å²) in [6, 6.07) is 6.09. The van der Waals surface area contributed by atoms with E-state index in [4.69, 9.17) is 14.2 Å². The number of nitrogens with zero attached hydrogens (tertiary/aromatic N) is 5. The van der Waals surface area contributed by atoms with Gasteiger partial charge in [-0.05, 0) is 82.7 Å². The molecule has 1 aromatic carbocycles. The molecule has 3 aliphatic heterocycles. The van der Waals surface area contributed by atoms with Crippen molar-refractivity contribution in [1.29, 1.82) is 0 Å². The fourth-order valence-electron chi connectivity index (χ4n) is 7.39. The van der Waals surface area contributed by atoms with Crippen LogP contribution >= 0.6 is 0 Å². The minimum atomic E-state index is -0.633. The van der Waals surface area contributed by atoms with Gasteiger partial charge in [-0.15, -0.1) is 0 Å². The molecule has 0 bridgehead atoms. The van der Waals surface area contributed by atoms with Crippen molar-refractivity contribution in [2.75, 3.05) is 52.5 Å². The van der Waals surface area contributed by atoms with Gasteiger partial charge in [-0.2, -0.15) is 4.39 Å². The second-order valence-corrected chi connectivity index (χ2v) is 15.5. The lowest BCUT2D eigenvalue weighted by Gasteiger charge is -2.46. The Bertz CT molecular complexity index is 1720. The van der Waals surface area contributed by atoms with Crippen LogP contribution in [0.2, 0.25) is 0 Å². The van der Waals surface area contributed by atoms with Gasteiger partial charge in [0, 0.05) is 49.9 Å². The van der Waals surface area contributed by atoms with Gasteiger partial charge in [-0.25, -0.2) is 14.2 Å². The molecule has 0 aliphatic carbocycles. The number of benzene rings is 1. The third-order valence-corrected chi connectivity index (χ3v) is 10.2. The Labute approximate surface area is 293 Å². The van der Waals surface area contributed by atoms with Gasteiger partial charge >= 0.3 is 6.09 Å². The highest BCUT2D eigenvalue weighted by Gasteiger charge is 2.37. The minimum Gasteiger partial charge on any atom is -0.444 e. The van der Waals surface area contributed by atoms with Gasteiger partial charge in [0.05, 0.1) is 44.1 Å². The molecule has 3 aliphatic rings. The molecule has 0 spiro atoms. The second-order valence-electron chi connectivity index (χ2n) is 15.5. The van der Waals surface area contributed by atoms with Crippen LogP contribution in [0.15, 0.2) is 30.5 Å². The van der Waals surface area contributed by atoms with Crippen LogP contribution in [-0.4, -0.2) is 112 Å². The highest BCUT2D eigenvalue weighted by molar-refractivity contribution is 6.03. The summed E-state index contributed by atoms with van der Waals surface area (Å²) in [4.78, 5) is 36.6. The number of hydrogen-bond donors (Lipinski definition) is 0. The number of fused-ring (bicyclic) bond motifs is 1. The zero-order valence-corrected chi connectivity index (χ0v) is 30.4. The Morgan fingerprint density at radius 1 is 1.08 bits per heavy atom. The number of pyridine rings is 1. The van der Waals surface area contributed by atoms with E-state index in [9.17, 15) is 14.0 Å². The fraction of sp³-hybridized carbons (Fsp3) is 0.605. The highest BCUT2D eigenvalue weighted by Crippen LogP contribution is 2.38. The van der Waals surface area contributed by atoms with Crippen molar-refractivity contribution < 1.29 is 32.6 Å². The first kappa shape index (κ1) is 36.2. The van der Waals surface area contributed by atoms with Crippen LogP contribution in [-0.2, 0) is 14.2 Å². The molecular formula is C38H51F2N5O5. The lowest BCUT2D eigenvalue weighted by molar-refractivity contribution is -0.0557. The summed E-state index contributed by atoms with van der Waals surface area (Å²) in [5, 5.41) is 0. The van der Waals surface area contributed by atoms with Crippen molar-refractivity contribution in [3.63, 3.8) is 0 Å². The second kappa shape index (κ2) is 14.6. The van der Waals surface area contributed by atoms with Crippen LogP contribution in [0.25, 0.3) is 16.6 Å². The Morgan fingerprint density at radius 3 is 2.54 bits per heavy atom. The van der Waals surface area contributed by atoms with Crippen molar-refractivity contribution in [2.24, 2.45) is 5.92 Å². The molecule has 0 unspecified atom stereocenters. The number of halogens is 2. The molecule has 3 aromatic rings. The highest BCUT2D eigenvalue weighted by atomic mass is 19.1. The summed E-state index contributed by atoms with van der Waals surface area (Å²) in [5.41, 5.74) is 1.89. The number of amides is 2. The van der Waals surface area contributed by atoms with E-state index in [0.717, 1.165) is 31.5 Å². The van der Waals surface area contributed by atoms with Gasteiger partial charge in [0.2, 0.25) is 5.95 Å². The smallest absolute Gasteiger partial charge is 0.410 e. The van der Waals surface area contributed by atoms with Crippen LogP contribution in [0.5, 0.6) is 0 Å². The number of aryl methyl sites for hydroxylation is 1. The molecule has 3 atom stereocenters. The maximum atomic E-state index is 15.5. The molecule has 0 N–H and O–H groups in total. The van der Waals surface area contributed by atoms with Crippen molar-refractivity contribution >= 4 is 17.5 Å². The van der Waals surface area contributed by atoms with E-state index < -0.39 is 17.4 Å². The standard InChI is InChI=1S/C38H51F2N5O5/c1-23(2)33(22-49-29-9-8-12-42(20-29)37(47)50-38(5,6)7)43-17-27(18-43)26-15-31(34-35(40)41-25(4)45(34)19-26)30-11-10-28(39)16-32(30)36(46)44-13-14-48-21-24(44)3/h10-11,15-16,19,23-24,27,29,33H,8-9,12-14,17-18,20-22H2,1-7H3/t24-,29-,33+/m1/s1. The summed E-state index contributed by atoms with van der Waals surface area (Å²) >= 11 is 0. The minimum absolute atomic E-state index is 0.0493. The number of rotatable bonds is 8. The molecule has 12 heteroatoms. The van der Waals surface area contributed by atoms with Crippen LogP contribution < -0.4 is 0 Å². The molecule has 2 aromatic heterocycles. The van der Waals surface area contributed by atoms with E-state index >= 15 is 4.39 Å². The Kier molecular flexibility index (Phi) is 10.5. The predicted molar refractivity (Wildman–Crippen MR) is 186 cm³/mol. The Morgan fingerprint density at radius 2 is 1.84 bits per heavy atom. The quantitative estimate of drug-likeness (QED) is 0.274. The molecule has 50 heavy (non-hydrogen) atoms. The van der Waals surface area contributed by atoms with Crippen LogP contribution in [0.4, 0.5) is 13.6 Å². The molecule has 272 valence electrons. The number of aromatic nitrogens is 2. The van der Waals surface area contributed by atoms with Crippen molar-refractivity contribution in [2.45, 2.75) is 91.0 Å². The van der Waals surface area contributed by atoms with Gasteiger partial charge < -0.3 is 28.4 Å². The SMILES string of the molecule is Cc1nc(F)c2c(-c3ccc(F)cc3C(=O)N3CCOC[C@H]3C)cc(C3CN([C@@H](CO[C@@H]4CCCN(C(=O)OC(C)(C)C)C4)C(C)C)C3)cn12. The molecule has 5 heterocycles. The molecule has 6 rings (SSSR count). The topological polar surface area (TPSA) is 88.9 Å². The predicted octanol–water partition coefficient (Wildman–Crippen LogP) is 6.29. The van der Waals surface area contributed by atoms with E-state index in [1.54, 1.807) is 27.2 Å². The Balaban J connectivity index is 1.21. The van der Waals surface area contributed by atoms with Gasteiger partial charge in [0.15, 0.2) is 0 Å². The third-order valence-electron chi connectivity index (χ3n) is 10.2. The molecule has 2 amide bonds. The summed E-state index contributed by atoms with van der Waals surface area (Å²) < 4.78 is 49.5. The monoisotopic (exact) mass is 695 g/mol. The van der Waals surface area contributed by atoms with Crippen LogP contribution in [0.3, 0.4) is 0 Å². The van der Waals surface area contributed by atoms with Crippen LogP contribution in [0, 0.1) is 24.6 Å². The molecular weight excluding hydrogens is 644 g/mol. The number of likely N-dealkylation sites (tertiary alicyclic amines) is 2. The molecule has 0 saturated carbocycles. The third kappa shape index (κ3) is 7.67. The van der Waals surface area contributed by atoms with E-state index in [-0.39, 0.29) is 47.2 Å². The first-order valence-corrected chi connectivity index (χ1v) is 17.9. The summed E-state index contributed by atoms with van der Waals surface area (Å²) in [7, 11) is 0. The number of hydrogen-bond acceptors (Lipinski definition) is 7. The lowest BCUT2D eigenvalue weighted by Crippen LogP contribution is -2.55. The summed E-state index contributed by atoms with van der Waals surface area (Å²) in [6.45, 7) is 18.2. The zero-order chi connectivity index (χ0) is 35.9. The first-order chi connectivity index (χ1) is 23.7. The summed E-state index contributed by atoms with van der Waals surface area (Å²) in [5.74, 6) is -0.489. The number of carbonyl (C=O) groups is 2. The van der Waals surface area contributed by atoms with Gasteiger partial charge in [-0.3, -0.25) is 9.69 Å². The van der Waals surface area contributed by atoms with Crippen LogP contribution in [0.1, 0.15) is 82.0 Å². The molecule has 10 nitrogen and oxygen atoms in total. The number of carbonyl (C=O) groups excluding carboxylic acids is 2. The zero-order valence-electron chi connectivity index (χ0n) is 30.4. The first-order valence-electron chi connectivity index (χ1n) is 17.9. The summed E-state index contributed by atoms with van der Waals surface area (Å²) in [6.07, 6.45) is 3.36. The number of imidazole rings is 1. The van der Waals surface area contributed by atoms with E-state index in [0.29, 0.717) is 62.3 Å². The largest absolute Gasteiger partial charge is 0.444 e. The van der Waals surface area contributed by atoms with Crippen molar-refractivity contribution in [1.82, 2.24) is 24.1 Å².